The van der Waals surface area contributed by atoms with Crippen LogP contribution >= 0.6 is 0 Å². The van der Waals surface area contributed by atoms with Gasteiger partial charge in [-0.05, 0) is 44.2 Å². The van der Waals surface area contributed by atoms with Gasteiger partial charge in [-0.15, -0.1) is 0 Å². The molecule has 0 spiro atoms. The van der Waals surface area contributed by atoms with Gasteiger partial charge in [-0.3, -0.25) is 4.90 Å². The summed E-state index contributed by atoms with van der Waals surface area (Å²) in [6.07, 6.45) is 4.35. The first-order valence-corrected chi connectivity index (χ1v) is 7.59. The Kier molecular flexibility index (Phi) is 3.07. The molecule has 4 heteroatoms. The van der Waals surface area contributed by atoms with Crippen molar-refractivity contribution in [2.45, 2.75) is 37.5 Å². The Morgan fingerprint density at radius 3 is 2.50 bits per heavy atom. The first-order valence-electron chi connectivity index (χ1n) is 7.59. The molecule has 0 aromatic heterocycles. The predicted molar refractivity (Wildman–Crippen MR) is 68.5 cm³/mol. The van der Waals surface area contributed by atoms with E-state index in [1.165, 1.54) is 32.5 Å². The Morgan fingerprint density at radius 1 is 1.06 bits per heavy atom. The molecule has 0 aliphatic carbocycles. The van der Waals surface area contributed by atoms with E-state index in [0.29, 0.717) is 6.10 Å². The second-order valence-corrected chi connectivity index (χ2v) is 6.29. The highest BCUT2D eigenvalue weighted by Crippen LogP contribution is 2.47. The number of nitrogens with one attached hydrogen (secondary N) is 1. The summed E-state index contributed by atoms with van der Waals surface area (Å²) in [6.45, 7) is 6.10. The minimum Gasteiger partial charge on any atom is -0.376 e. The number of fused-ring (bicyclic) bond motifs is 5. The van der Waals surface area contributed by atoms with Crippen LogP contribution in [0.25, 0.3) is 0 Å². The Hall–Kier alpha value is -0.160. The van der Waals surface area contributed by atoms with Crippen molar-refractivity contribution in [3.63, 3.8) is 0 Å². The molecule has 1 N–H and O–H groups in total. The standard InChI is InChI=1S/C14H24N2O2/c1-2-14-12-8-15-7-11(12)13(1)16(14)4-3-10-9-17-5-6-18-10/h10-15H,1-9H2/t10?,11-,12+,13-,14+. The molecule has 102 valence electrons. The van der Waals surface area contributed by atoms with Crippen LogP contribution in [0.4, 0.5) is 0 Å². The highest BCUT2D eigenvalue weighted by molar-refractivity contribution is 5.09. The second kappa shape index (κ2) is 4.75. The molecular formula is C14H24N2O2. The van der Waals surface area contributed by atoms with E-state index in [0.717, 1.165) is 50.2 Å². The van der Waals surface area contributed by atoms with Crippen molar-refractivity contribution < 1.29 is 9.47 Å². The normalized spacial score (nSPS) is 47.7. The van der Waals surface area contributed by atoms with Crippen LogP contribution in [0.2, 0.25) is 0 Å². The van der Waals surface area contributed by atoms with Crippen LogP contribution < -0.4 is 5.32 Å². The van der Waals surface area contributed by atoms with Crippen molar-refractivity contribution in [1.82, 2.24) is 10.2 Å². The lowest BCUT2D eigenvalue weighted by Gasteiger charge is -2.28. The molecule has 0 saturated carbocycles. The molecule has 4 nitrogen and oxygen atoms in total. The van der Waals surface area contributed by atoms with E-state index < -0.39 is 0 Å². The molecule has 0 radical (unpaired) electrons. The van der Waals surface area contributed by atoms with Crippen LogP contribution in [0.1, 0.15) is 19.3 Å². The van der Waals surface area contributed by atoms with E-state index in [4.69, 9.17) is 9.47 Å². The van der Waals surface area contributed by atoms with Crippen LogP contribution in [0.3, 0.4) is 0 Å². The van der Waals surface area contributed by atoms with Crippen LogP contribution in [0, 0.1) is 11.8 Å². The fourth-order valence-corrected chi connectivity index (χ4v) is 4.73. The fraction of sp³-hybridized carbons (Fsp3) is 1.00. The van der Waals surface area contributed by atoms with Crippen molar-refractivity contribution in [1.29, 1.82) is 0 Å². The molecule has 4 rings (SSSR count). The Morgan fingerprint density at radius 2 is 1.83 bits per heavy atom. The Labute approximate surface area is 109 Å². The topological polar surface area (TPSA) is 33.7 Å². The highest BCUT2D eigenvalue weighted by atomic mass is 16.6. The SMILES string of the molecule is C1COC(CCN2[C@@H]3CC[C@H]2[C@H]2CNC[C@H]23)CO1. The van der Waals surface area contributed by atoms with Crippen molar-refractivity contribution in [2.75, 3.05) is 39.5 Å². The maximum absolute atomic E-state index is 5.76. The zero-order valence-electron chi connectivity index (χ0n) is 11.0. The van der Waals surface area contributed by atoms with Gasteiger partial charge in [0.25, 0.3) is 0 Å². The first kappa shape index (κ1) is 11.6. The summed E-state index contributed by atoms with van der Waals surface area (Å²) in [5, 5.41) is 3.58. The molecule has 1 unspecified atom stereocenters. The van der Waals surface area contributed by atoms with E-state index in [1.807, 2.05) is 0 Å². The van der Waals surface area contributed by atoms with E-state index in [9.17, 15) is 0 Å². The average Bonchev–Trinajstić information content (AvgIpc) is 3.09. The molecule has 5 atom stereocenters. The van der Waals surface area contributed by atoms with Gasteiger partial charge in [0.05, 0.1) is 25.9 Å². The Balaban J connectivity index is 1.35. The zero-order chi connectivity index (χ0) is 11.9. The number of hydrogen-bond acceptors (Lipinski definition) is 4. The van der Waals surface area contributed by atoms with Gasteiger partial charge >= 0.3 is 0 Å². The molecule has 0 amide bonds. The van der Waals surface area contributed by atoms with Crippen LogP contribution in [-0.4, -0.2) is 62.5 Å². The number of rotatable bonds is 3. The molecule has 0 aromatic rings. The molecular weight excluding hydrogens is 228 g/mol. The van der Waals surface area contributed by atoms with E-state index in [2.05, 4.69) is 10.2 Å². The minimum absolute atomic E-state index is 0.344. The molecule has 4 heterocycles. The van der Waals surface area contributed by atoms with Crippen molar-refractivity contribution in [3.05, 3.63) is 0 Å². The zero-order valence-corrected chi connectivity index (χ0v) is 11.0. The molecule has 0 aromatic carbocycles. The number of hydrogen-bond donors (Lipinski definition) is 1. The van der Waals surface area contributed by atoms with E-state index in [1.54, 1.807) is 0 Å². The van der Waals surface area contributed by atoms with Gasteiger partial charge in [-0.25, -0.2) is 0 Å². The molecule has 4 saturated heterocycles. The highest BCUT2D eigenvalue weighted by Gasteiger charge is 2.54. The lowest BCUT2D eigenvalue weighted by atomic mass is 9.82. The van der Waals surface area contributed by atoms with Crippen LogP contribution in [0.5, 0.6) is 0 Å². The molecule has 4 aliphatic heterocycles. The fourth-order valence-electron chi connectivity index (χ4n) is 4.73. The number of ether oxygens (including phenoxy) is 2. The van der Waals surface area contributed by atoms with Crippen molar-refractivity contribution in [2.24, 2.45) is 11.8 Å². The van der Waals surface area contributed by atoms with Crippen molar-refractivity contribution in [3.8, 4) is 0 Å². The van der Waals surface area contributed by atoms with Crippen LogP contribution in [0.15, 0.2) is 0 Å². The predicted octanol–water partition coefficient (Wildman–Crippen LogP) is 0.474. The summed E-state index contributed by atoms with van der Waals surface area (Å²) in [5.41, 5.74) is 0. The first-order chi connectivity index (χ1) is 8.93. The van der Waals surface area contributed by atoms with E-state index >= 15 is 0 Å². The second-order valence-electron chi connectivity index (χ2n) is 6.29. The summed E-state index contributed by atoms with van der Waals surface area (Å²) < 4.78 is 11.2. The van der Waals surface area contributed by atoms with Crippen LogP contribution in [-0.2, 0) is 9.47 Å². The third kappa shape index (κ3) is 1.82. The number of nitrogens with zero attached hydrogens (tertiary/aromatic N) is 1. The van der Waals surface area contributed by atoms with Crippen molar-refractivity contribution >= 4 is 0 Å². The van der Waals surface area contributed by atoms with Gasteiger partial charge < -0.3 is 14.8 Å². The van der Waals surface area contributed by atoms with E-state index in [-0.39, 0.29) is 0 Å². The minimum atomic E-state index is 0.344. The summed E-state index contributed by atoms with van der Waals surface area (Å²) in [5.74, 6) is 1.87. The largest absolute Gasteiger partial charge is 0.376 e. The quantitative estimate of drug-likeness (QED) is 0.792. The molecule has 4 fully saturated rings. The van der Waals surface area contributed by atoms with Gasteiger partial charge in [0.1, 0.15) is 0 Å². The lowest BCUT2D eigenvalue weighted by Crippen LogP contribution is -2.38. The molecule has 4 aliphatic rings. The maximum atomic E-state index is 5.76. The van der Waals surface area contributed by atoms with Gasteiger partial charge in [-0.2, -0.15) is 0 Å². The maximum Gasteiger partial charge on any atom is 0.0821 e. The van der Waals surface area contributed by atoms with Gasteiger partial charge in [-0.1, -0.05) is 0 Å². The van der Waals surface area contributed by atoms with Gasteiger partial charge in [0, 0.05) is 18.6 Å². The summed E-state index contributed by atoms with van der Waals surface area (Å²) >= 11 is 0. The summed E-state index contributed by atoms with van der Waals surface area (Å²) in [6, 6.07) is 1.72. The van der Waals surface area contributed by atoms with Gasteiger partial charge in [0.2, 0.25) is 0 Å². The lowest BCUT2D eigenvalue weighted by molar-refractivity contribution is -0.0931. The smallest absolute Gasteiger partial charge is 0.0821 e. The average molecular weight is 252 g/mol. The summed E-state index contributed by atoms with van der Waals surface area (Å²) in [4.78, 5) is 2.80. The Bertz CT molecular complexity index is 288. The summed E-state index contributed by atoms with van der Waals surface area (Å²) in [7, 11) is 0. The third-order valence-corrected chi connectivity index (χ3v) is 5.50. The monoisotopic (exact) mass is 252 g/mol. The molecule has 18 heavy (non-hydrogen) atoms. The van der Waals surface area contributed by atoms with Gasteiger partial charge in [0.15, 0.2) is 0 Å². The third-order valence-electron chi connectivity index (χ3n) is 5.50. The molecule has 2 bridgehead atoms.